The molecule has 3 N–H and O–H groups in total. The van der Waals surface area contributed by atoms with Gasteiger partial charge < -0.3 is 15.4 Å². The largest absolute Gasteiger partial charge is 0.435 e. The second-order valence-corrected chi connectivity index (χ2v) is 8.15. The molecule has 0 spiro atoms. The first kappa shape index (κ1) is 19.0. The summed E-state index contributed by atoms with van der Waals surface area (Å²) in [5.74, 6) is 0.990. The minimum Gasteiger partial charge on any atom is -0.435 e. The van der Waals surface area contributed by atoms with Crippen LogP contribution in [0.5, 0.6) is 11.6 Å². The number of hydrogen-bond donors (Lipinski definition) is 2. The first-order chi connectivity index (χ1) is 13.3. The fourth-order valence-electron chi connectivity index (χ4n) is 3.41. The van der Waals surface area contributed by atoms with Crippen LogP contribution >= 0.6 is 23.2 Å². The fraction of sp³-hybridized carbons (Fsp3) is 0.389. The van der Waals surface area contributed by atoms with Crippen LogP contribution < -0.4 is 20.9 Å². The zero-order valence-corrected chi connectivity index (χ0v) is 17.0. The molecule has 148 valence electrons. The van der Waals surface area contributed by atoms with E-state index in [2.05, 4.69) is 27.0 Å². The molecule has 3 heterocycles. The number of nitrogens with one attached hydrogen (secondary N) is 1. The average molecular weight is 423 g/mol. The number of nitrogens with zero attached hydrogens (tertiary/aromatic N) is 4. The number of rotatable bonds is 4. The van der Waals surface area contributed by atoms with Crippen molar-refractivity contribution in [3.63, 3.8) is 0 Å². The summed E-state index contributed by atoms with van der Waals surface area (Å²) in [7, 11) is 1.69. The Kier molecular flexibility index (Phi) is 4.73. The van der Waals surface area contributed by atoms with E-state index < -0.39 is 0 Å². The van der Waals surface area contributed by atoms with Crippen LogP contribution in [0.2, 0.25) is 10.0 Å². The molecule has 1 saturated heterocycles. The molecule has 1 aliphatic heterocycles. The number of benzene rings is 1. The van der Waals surface area contributed by atoms with Gasteiger partial charge in [-0.2, -0.15) is 4.98 Å². The molecule has 1 aromatic carbocycles. The normalized spacial score (nSPS) is 19.5. The minimum atomic E-state index is -0.261. The first-order valence-electron chi connectivity index (χ1n) is 8.85. The van der Waals surface area contributed by atoms with Gasteiger partial charge in [0.25, 0.3) is 11.4 Å². The molecule has 8 nitrogen and oxygen atoms in total. The molecule has 1 unspecified atom stereocenters. The Morgan fingerprint density at radius 1 is 1.39 bits per heavy atom. The zero-order chi connectivity index (χ0) is 20.1. The summed E-state index contributed by atoms with van der Waals surface area (Å²) in [6.07, 6.45) is 0.946. The molecule has 1 fully saturated rings. The van der Waals surface area contributed by atoms with Gasteiger partial charge in [0.05, 0.1) is 5.02 Å². The van der Waals surface area contributed by atoms with E-state index in [1.807, 2.05) is 0 Å². The first-order valence-corrected chi connectivity index (χ1v) is 9.60. The van der Waals surface area contributed by atoms with E-state index >= 15 is 0 Å². The number of halogens is 2. The van der Waals surface area contributed by atoms with Crippen LogP contribution in [0.4, 0.5) is 5.95 Å². The second-order valence-electron chi connectivity index (χ2n) is 7.37. The highest BCUT2D eigenvalue weighted by molar-refractivity contribution is 6.42. The van der Waals surface area contributed by atoms with Crippen LogP contribution in [0.25, 0.3) is 11.0 Å². The monoisotopic (exact) mass is 422 g/mol. The standard InChI is InChI=1S/C18H20Cl2N6O2/c1-18(8-21)6-7-26(9-18)17-22-14-12(16(27)25(17)2)15(24-23-14)28-11-5-3-4-10(19)13(11)20/h3-5H,6-9,21H2,1-2H3,(H,23,24). The average Bonchev–Trinajstić information content (AvgIpc) is 3.26. The van der Waals surface area contributed by atoms with Crippen molar-refractivity contribution in [2.24, 2.45) is 18.2 Å². The Balaban J connectivity index is 1.74. The number of H-pyrrole nitrogens is 1. The molecule has 3 aromatic rings. The molecule has 0 aliphatic carbocycles. The van der Waals surface area contributed by atoms with Crippen LogP contribution in [0.1, 0.15) is 13.3 Å². The van der Waals surface area contributed by atoms with E-state index in [-0.39, 0.29) is 27.3 Å². The van der Waals surface area contributed by atoms with Crippen molar-refractivity contribution in [1.82, 2.24) is 19.7 Å². The van der Waals surface area contributed by atoms with Crippen molar-refractivity contribution in [3.8, 4) is 11.6 Å². The zero-order valence-electron chi connectivity index (χ0n) is 15.5. The Labute approximate surface area is 171 Å². The number of nitrogens with two attached hydrogens (primary N) is 1. The Morgan fingerprint density at radius 3 is 2.89 bits per heavy atom. The topological polar surface area (TPSA) is 102 Å². The number of anilines is 1. The third-order valence-corrected chi connectivity index (χ3v) is 6.00. The second kappa shape index (κ2) is 6.95. The molecule has 4 rings (SSSR count). The molecule has 0 amide bonds. The Bertz CT molecular complexity index is 1110. The quantitative estimate of drug-likeness (QED) is 0.669. The maximum atomic E-state index is 13.0. The van der Waals surface area contributed by atoms with Gasteiger partial charge in [0.15, 0.2) is 5.65 Å². The maximum absolute atomic E-state index is 13.0. The summed E-state index contributed by atoms with van der Waals surface area (Å²) in [5.41, 5.74) is 6.00. The predicted octanol–water partition coefficient (Wildman–Crippen LogP) is 2.93. The molecule has 1 aliphatic rings. The summed E-state index contributed by atoms with van der Waals surface area (Å²) in [6.45, 7) is 4.25. The van der Waals surface area contributed by atoms with Crippen LogP contribution in [0, 0.1) is 5.41 Å². The van der Waals surface area contributed by atoms with Gasteiger partial charge >= 0.3 is 0 Å². The van der Waals surface area contributed by atoms with Crippen LogP contribution in [0.3, 0.4) is 0 Å². The fourth-order valence-corrected chi connectivity index (χ4v) is 3.74. The van der Waals surface area contributed by atoms with E-state index in [9.17, 15) is 4.79 Å². The number of fused-ring (bicyclic) bond motifs is 1. The van der Waals surface area contributed by atoms with Crippen LogP contribution in [-0.2, 0) is 7.05 Å². The highest BCUT2D eigenvalue weighted by Gasteiger charge is 2.34. The van der Waals surface area contributed by atoms with E-state index in [1.165, 1.54) is 4.57 Å². The molecule has 28 heavy (non-hydrogen) atoms. The molecular formula is C18H20Cl2N6O2. The number of aromatic nitrogens is 4. The molecule has 0 radical (unpaired) electrons. The van der Waals surface area contributed by atoms with E-state index in [1.54, 1.807) is 25.2 Å². The lowest BCUT2D eigenvalue weighted by Crippen LogP contribution is -2.34. The van der Waals surface area contributed by atoms with Gasteiger partial charge in [0, 0.05) is 20.1 Å². The highest BCUT2D eigenvalue weighted by atomic mass is 35.5. The maximum Gasteiger partial charge on any atom is 0.269 e. The lowest BCUT2D eigenvalue weighted by molar-refractivity contribution is 0.382. The van der Waals surface area contributed by atoms with Crippen molar-refractivity contribution in [2.45, 2.75) is 13.3 Å². The SMILES string of the molecule is Cn1c(N2CCC(C)(CN)C2)nc2[nH]nc(Oc3cccc(Cl)c3Cl)c2c1=O. The smallest absolute Gasteiger partial charge is 0.269 e. The predicted molar refractivity (Wildman–Crippen MR) is 110 cm³/mol. The molecular weight excluding hydrogens is 403 g/mol. The lowest BCUT2D eigenvalue weighted by Gasteiger charge is -2.24. The van der Waals surface area contributed by atoms with Gasteiger partial charge in [-0.15, -0.1) is 5.10 Å². The van der Waals surface area contributed by atoms with E-state index in [0.29, 0.717) is 28.9 Å². The van der Waals surface area contributed by atoms with E-state index in [4.69, 9.17) is 33.7 Å². The number of aromatic amines is 1. The number of ether oxygens (including phenoxy) is 1. The summed E-state index contributed by atoms with van der Waals surface area (Å²) < 4.78 is 7.26. The molecule has 0 bridgehead atoms. The third kappa shape index (κ3) is 3.11. The van der Waals surface area contributed by atoms with Gasteiger partial charge in [0.2, 0.25) is 5.95 Å². The molecule has 2 aromatic heterocycles. The van der Waals surface area contributed by atoms with Gasteiger partial charge in [-0.3, -0.25) is 14.5 Å². The Hall–Kier alpha value is -2.29. The highest BCUT2D eigenvalue weighted by Crippen LogP contribution is 2.36. The van der Waals surface area contributed by atoms with Gasteiger partial charge in [-0.05, 0) is 30.5 Å². The van der Waals surface area contributed by atoms with Crippen molar-refractivity contribution in [1.29, 1.82) is 0 Å². The van der Waals surface area contributed by atoms with E-state index in [0.717, 1.165) is 19.5 Å². The lowest BCUT2D eigenvalue weighted by atomic mass is 9.90. The van der Waals surface area contributed by atoms with Crippen LogP contribution in [-0.4, -0.2) is 39.4 Å². The molecule has 0 saturated carbocycles. The van der Waals surface area contributed by atoms with Crippen molar-refractivity contribution in [2.75, 3.05) is 24.5 Å². The Morgan fingerprint density at radius 2 is 2.18 bits per heavy atom. The van der Waals surface area contributed by atoms with Gasteiger partial charge in [0.1, 0.15) is 16.2 Å². The van der Waals surface area contributed by atoms with Crippen molar-refractivity contribution in [3.05, 3.63) is 38.6 Å². The van der Waals surface area contributed by atoms with Gasteiger partial charge in [-0.25, -0.2) is 0 Å². The molecule has 1 atom stereocenters. The van der Waals surface area contributed by atoms with Gasteiger partial charge in [-0.1, -0.05) is 36.2 Å². The number of hydrogen-bond acceptors (Lipinski definition) is 6. The minimum absolute atomic E-state index is 0.0122. The van der Waals surface area contributed by atoms with Crippen molar-refractivity contribution >= 4 is 40.2 Å². The third-order valence-electron chi connectivity index (χ3n) is 5.20. The van der Waals surface area contributed by atoms with Crippen molar-refractivity contribution < 1.29 is 4.74 Å². The summed E-state index contributed by atoms with van der Waals surface area (Å²) in [6, 6.07) is 5.00. The summed E-state index contributed by atoms with van der Waals surface area (Å²) >= 11 is 12.2. The summed E-state index contributed by atoms with van der Waals surface area (Å²) in [5, 5.41) is 7.75. The molecule has 10 heteroatoms. The summed E-state index contributed by atoms with van der Waals surface area (Å²) in [4.78, 5) is 19.7. The van der Waals surface area contributed by atoms with Crippen LogP contribution in [0.15, 0.2) is 23.0 Å².